The summed E-state index contributed by atoms with van der Waals surface area (Å²) in [4.78, 5) is 12.2. The van der Waals surface area contributed by atoms with Crippen LogP contribution in [0.2, 0.25) is 0 Å². The van der Waals surface area contributed by atoms with E-state index >= 15 is 0 Å². The van der Waals surface area contributed by atoms with E-state index in [1.54, 1.807) is 12.1 Å². The fraction of sp³-hybridized carbons (Fsp3) is 0.316. The van der Waals surface area contributed by atoms with Gasteiger partial charge in [0.05, 0.1) is 4.90 Å². The highest BCUT2D eigenvalue weighted by Crippen LogP contribution is 2.12. The van der Waals surface area contributed by atoms with Crippen LogP contribution in [-0.4, -0.2) is 26.4 Å². The molecule has 0 saturated carbocycles. The molecule has 26 heavy (non-hydrogen) atoms. The smallest absolute Gasteiger partial charge is 0.251 e. The van der Waals surface area contributed by atoms with Crippen LogP contribution in [0.25, 0.3) is 0 Å². The van der Waals surface area contributed by atoms with E-state index in [1.165, 1.54) is 36.4 Å². The van der Waals surface area contributed by atoms with Gasteiger partial charge < -0.3 is 5.32 Å². The van der Waals surface area contributed by atoms with Gasteiger partial charge in [0.15, 0.2) is 0 Å². The van der Waals surface area contributed by atoms with Gasteiger partial charge in [0, 0.05) is 17.6 Å². The Balaban J connectivity index is 1.98. The van der Waals surface area contributed by atoms with Crippen molar-refractivity contribution in [3.63, 3.8) is 0 Å². The lowest BCUT2D eigenvalue weighted by atomic mass is 10.1. The molecule has 0 spiro atoms. The molecule has 2 N–H and O–H groups in total. The second kappa shape index (κ2) is 7.97. The monoisotopic (exact) mass is 378 g/mol. The largest absolute Gasteiger partial charge is 0.347 e. The summed E-state index contributed by atoms with van der Waals surface area (Å²) in [6, 6.07) is 11.7. The van der Waals surface area contributed by atoms with Gasteiger partial charge in [0.1, 0.15) is 5.82 Å². The van der Waals surface area contributed by atoms with Crippen LogP contribution >= 0.6 is 0 Å². The van der Waals surface area contributed by atoms with Crippen molar-refractivity contribution in [1.29, 1.82) is 0 Å². The minimum atomic E-state index is -3.67. The third-order valence-corrected chi connectivity index (χ3v) is 5.01. The normalized spacial score (nSPS) is 12.0. The maximum absolute atomic E-state index is 12.9. The number of amides is 1. The standard InChI is InChI=1S/C19H23FN2O3S/c1-19(2,3)22-18(23)15-6-10-17(11-7-15)26(24,25)21-13-12-14-4-8-16(20)9-5-14/h4-11,21H,12-13H2,1-3H3,(H,22,23). The van der Waals surface area contributed by atoms with Gasteiger partial charge in [-0.1, -0.05) is 12.1 Å². The molecule has 0 aliphatic rings. The van der Waals surface area contributed by atoms with E-state index in [0.717, 1.165) is 5.56 Å². The molecule has 0 radical (unpaired) electrons. The molecule has 0 unspecified atom stereocenters. The Bertz CT molecular complexity index is 855. The van der Waals surface area contributed by atoms with Crippen molar-refractivity contribution in [3.05, 3.63) is 65.5 Å². The van der Waals surface area contributed by atoms with Crippen molar-refractivity contribution >= 4 is 15.9 Å². The number of halogens is 1. The van der Waals surface area contributed by atoms with E-state index in [2.05, 4.69) is 10.0 Å². The first kappa shape index (κ1) is 20.1. The lowest BCUT2D eigenvalue weighted by Gasteiger charge is -2.20. The minimum Gasteiger partial charge on any atom is -0.347 e. The number of carbonyl (C=O) groups excluding carboxylic acids is 1. The van der Waals surface area contributed by atoms with Gasteiger partial charge >= 0.3 is 0 Å². The fourth-order valence-corrected chi connectivity index (χ4v) is 3.29. The number of sulfonamides is 1. The Labute approximate surface area is 153 Å². The molecule has 5 nitrogen and oxygen atoms in total. The minimum absolute atomic E-state index is 0.0870. The van der Waals surface area contributed by atoms with Crippen molar-refractivity contribution in [3.8, 4) is 0 Å². The fourth-order valence-electron chi connectivity index (χ4n) is 2.26. The Hall–Kier alpha value is -2.25. The second-order valence-electron chi connectivity index (χ2n) is 7.00. The van der Waals surface area contributed by atoms with Gasteiger partial charge in [-0.05, 0) is 69.2 Å². The first-order chi connectivity index (χ1) is 12.1. The van der Waals surface area contributed by atoms with Crippen LogP contribution in [0, 0.1) is 5.82 Å². The zero-order valence-corrected chi connectivity index (χ0v) is 15.9. The third-order valence-electron chi connectivity index (χ3n) is 3.53. The number of nitrogens with one attached hydrogen (secondary N) is 2. The lowest BCUT2D eigenvalue weighted by molar-refractivity contribution is 0.0919. The molecule has 2 aromatic carbocycles. The molecule has 0 saturated heterocycles. The topological polar surface area (TPSA) is 75.3 Å². The predicted molar refractivity (Wildman–Crippen MR) is 99.0 cm³/mol. The summed E-state index contributed by atoms with van der Waals surface area (Å²) in [7, 11) is -3.67. The molecule has 140 valence electrons. The second-order valence-corrected chi connectivity index (χ2v) is 8.77. The number of rotatable bonds is 6. The predicted octanol–water partition coefficient (Wildman–Crippen LogP) is 2.88. The first-order valence-corrected chi connectivity index (χ1v) is 9.72. The summed E-state index contributed by atoms with van der Waals surface area (Å²) in [5.41, 5.74) is 0.859. The lowest BCUT2D eigenvalue weighted by Crippen LogP contribution is -2.40. The summed E-state index contributed by atoms with van der Waals surface area (Å²) in [5, 5.41) is 2.82. The van der Waals surface area contributed by atoms with E-state index in [-0.39, 0.29) is 28.7 Å². The highest BCUT2D eigenvalue weighted by atomic mass is 32.2. The number of hydrogen-bond donors (Lipinski definition) is 2. The van der Waals surface area contributed by atoms with Gasteiger partial charge in [0.25, 0.3) is 5.91 Å². The highest BCUT2D eigenvalue weighted by Gasteiger charge is 2.17. The Morgan fingerprint density at radius 2 is 1.58 bits per heavy atom. The van der Waals surface area contributed by atoms with Crippen molar-refractivity contribution in [2.75, 3.05) is 6.54 Å². The summed E-state index contributed by atoms with van der Waals surface area (Å²) >= 11 is 0. The molecule has 2 aromatic rings. The Kier molecular flexibility index (Phi) is 6.15. The molecule has 0 aliphatic heterocycles. The summed E-state index contributed by atoms with van der Waals surface area (Å²) < 4.78 is 40.0. The zero-order chi connectivity index (χ0) is 19.4. The van der Waals surface area contributed by atoms with Gasteiger partial charge in [-0.3, -0.25) is 4.79 Å². The van der Waals surface area contributed by atoms with E-state index in [4.69, 9.17) is 0 Å². The van der Waals surface area contributed by atoms with Gasteiger partial charge in [0.2, 0.25) is 10.0 Å². The van der Waals surface area contributed by atoms with Gasteiger partial charge in [-0.15, -0.1) is 0 Å². The molecule has 0 atom stereocenters. The molecule has 7 heteroatoms. The SMILES string of the molecule is CC(C)(C)NC(=O)c1ccc(S(=O)(=O)NCCc2ccc(F)cc2)cc1. The summed E-state index contributed by atoms with van der Waals surface area (Å²) in [5.74, 6) is -0.587. The van der Waals surface area contributed by atoms with Crippen LogP contribution in [0.15, 0.2) is 53.4 Å². The Morgan fingerprint density at radius 3 is 2.12 bits per heavy atom. The van der Waals surface area contributed by atoms with Gasteiger partial charge in [-0.25, -0.2) is 17.5 Å². The molecular weight excluding hydrogens is 355 g/mol. The van der Waals surface area contributed by atoms with Crippen LogP contribution in [0.3, 0.4) is 0 Å². The maximum Gasteiger partial charge on any atom is 0.251 e. The van der Waals surface area contributed by atoms with E-state index in [9.17, 15) is 17.6 Å². The van der Waals surface area contributed by atoms with Gasteiger partial charge in [-0.2, -0.15) is 0 Å². The average Bonchev–Trinajstić information content (AvgIpc) is 2.55. The van der Waals surface area contributed by atoms with Crippen molar-refractivity contribution in [2.24, 2.45) is 0 Å². The molecule has 0 aromatic heterocycles. The molecule has 1 amide bonds. The number of benzene rings is 2. The molecule has 2 rings (SSSR count). The Morgan fingerprint density at radius 1 is 1.00 bits per heavy atom. The van der Waals surface area contributed by atoms with Crippen LogP contribution < -0.4 is 10.0 Å². The number of carbonyl (C=O) groups is 1. The van der Waals surface area contributed by atoms with E-state index < -0.39 is 10.0 Å². The van der Waals surface area contributed by atoms with Crippen molar-refractivity contribution < 1.29 is 17.6 Å². The average molecular weight is 378 g/mol. The zero-order valence-electron chi connectivity index (χ0n) is 15.0. The molecular formula is C19H23FN2O3S. The third kappa shape index (κ3) is 5.93. The molecule has 0 heterocycles. The maximum atomic E-state index is 12.9. The van der Waals surface area contributed by atoms with E-state index in [0.29, 0.717) is 12.0 Å². The van der Waals surface area contributed by atoms with Crippen LogP contribution in [0.4, 0.5) is 4.39 Å². The molecule has 0 bridgehead atoms. The van der Waals surface area contributed by atoms with E-state index in [1.807, 2.05) is 20.8 Å². The van der Waals surface area contributed by atoms with Crippen LogP contribution in [0.5, 0.6) is 0 Å². The summed E-state index contributed by atoms with van der Waals surface area (Å²) in [6.45, 7) is 5.80. The number of hydrogen-bond acceptors (Lipinski definition) is 3. The van der Waals surface area contributed by atoms with Crippen molar-refractivity contribution in [2.45, 2.75) is 37.6 Å². The molecule has 0 fully saturated rings. The summed E-state index contributed by atoms with van der Waals surface area (Å²) in [6.07, 6.45) is 0.450. The van der Waals surface area contributed by atoms with Crippen molar-refractivity contribution in [1.82, 2.24) is 10.0 Å². The highest BCUT2D eigenvalue weighted by molar-refractivity contribution is 7.89. The first-order valence-electron chi connectivity index (χ1n) is 8.23. The van der Waals surface area contributed by atoms with Crippen LogP contribution in [-0.2, 0) is 16.4 Å². The van der Waals surface area contributed by atoms with Crippen LogP contribution in [0.1, 0.15) is 36.7 Å². The quantitative estimate of drug-likeness (QED) is 0.812. The molecule has 0 aliphatic carbocycles.